The Bertz CT molecular complexity index is 747. The van der Waals surface area contributed by atoms with Crippen molar-refractivity contribution in [2.45, 2.75) is 36.3 Å². The number of hydrogen-bond donors (Lipinski definition) is 0. The summed E-state index contributed by atoms with van der Waals surface area (Å²) in [5, 5.41) is -0.184. The number of nitrogens with zero attached hydrogens (tertiary/aromatic N) is 2. The highest BCUT2D eigenvalue weighted by Crippen LogP contribution is 2.37. The van der Waals surface area contributed by atoms with Crippen LogP contribution in [-0.2, 0) is 25.0 Å². The molecule has 1 aromatic carbocycles. The minimum Gasteiger partial charge on any atom is -0.381 e. The zero-order valence-electron chi connectivity index (χ0n) is 15.0. The highest BCUT2D eigenvalue weighted by molar-refractivity contribution is 7.90. The van der Waals surface area contributed by atoms with Gasteiger partial charge in [-0.2, -0.15) is 4.31 Å². The summed E-state index contributed by atoms with van der Waals surface area (Å²) in [7, 11) is -3.15. The van der Waals surface area contributed by atoms with E-state index in [1.807, 2.05) is 35.2 Å². The molecule has 3 aliphatic rings. The summed E-state index contributed by atoms with van der Waals surface area (Å²) in [6, 6.07) is 9.95. The number of ether oxygens (including phenoxy) is 1. The van der Waals surface area contributed by atoms with E-state index < -0.39 is 15.4 Å². The van der Waals surface area contributed by atoms with E-state index in [-0.39, 0.29) is 11.2 Å². The third-order valence-corrected chi connectivity index (χ3v) is 8.31. The first kappa shape index (κ1) is 17.9. The molecule has 2 heterocycles. The van der Waals surface area contributed by atoms with E-state index in [1.54, 1.807) is 4.31 Å². The molecule has 7 heteroatoms. The van der Waals surface area contributed by atoms with Crippen molar-refractivity contribution in [1.82, 2.24) is 9.21 Å². The summed E-state index contributed by atoms with van der Waals surface area (Å²) < 4.78 is 31.9. The summed E-state index contributed by atoms with van der Waals surface area (Å²) in [5.74, 6) is 0.121. The summed E-state index contributed by atoms with van der Waals surface area (Å²) in [4.78, 5) is 15.3. The largest absolute Gasteiger partial charge is 0.381 e. The Labute approximate surface area is 155 Å². The average molecular weight is 378 g/mol. The van der Waals surface area contributed by atoms with Crippen LogP contribution < -0.4 is 0 Å². The number of carbonyl (C=O) groups is 1. The Balaban J connectivity index is 1.51. The van der Waals surface area contributed by atoms with Gasteiger partial charge in [-0.25, -0.2) is 8.42 Å². The van der Waals surface area contributed by atoms with Gasteiger partial charge in [0.25, 0.3) is 0 Å². The van der Waals surface area contributed by atoms with Gasteiger partial charge in [0.2, 0.25) is 15.9 Å². The summed E-state index contributed by atoms with van der Waals surface area (Å²) >= 11 is 0. The highest BCUT2D eigenvalue weighted by atomic mass is 32.2. The molecular formula is C19H26N2O4S. The standard InChI is InChI=1S/C19H26N2O4S/c22-18(19(8-14-25-15-9-19)16-4-2-1-3-5-16)20-10-12-21(13-11-20)26(23,24)17-6-7-17/h1-5,17H,6-15H2. The molecule has 6 nitrogen and oxygen atoms in total. The molecule has 2 aliphatic heterocycles. The zero-order chi connectivity index (χ0) is 18.2. The van der Waals surface area contributed by atoms with Gasteiger partial charge >= 0.3 is 0 Å². The van der Waals surface area contributed by atoms with Gasteiger partial charge in [0, 0.05) is 39.4 Å². The van der Waals surface area contributed by atoms with Gasteiger partial charge in [0.05, 0.1) is 10.7 Å². The lowest BCUT2D eigenvalue weighted by Crippen LogP contribution is -2.57. The molecule has 1 saturated carbocycles. The van der Waals surface area contributed by atoms with Crippen molar-refractivity contribution in [1.29, 1.82) is 0 Å². The maximum atomic E-state index is 13.5. The van der Waals surface area contributed by atoms with Crippen molar-refractivity contribution in [3.05, 3.63) is 35.9 Å². The minimum absolute atomic E-state index is 0.121. The molecule has 0 aromatic heterocycles. The fourth-order valence-corrected chi connectivity index (χ4v) is 5.95. The fourth-order valence-electron chi connectivity index (χ4n) is 4.13. The van der Waals surface area contributed by atoms with E-state index in [2.05, 4.69) is 0 Å². The lowest BCUT2D eigenvalue weighted by atomic mass is 9.73. The minimum atomic E-state index is -3.15. The quantitative estimate of drug-likeness (QED) is 0.794. The van der Waals surface area contributed by atoms with Crippen molar-refractivity contribution >= 4 is 15.9 Å². The van der Waals surface area contributed by atoms with Crippen molar-refractivity contribution in [2.75, 3.05) is 39.4 Å². The summed E-state index contributed by atoms with van der Waals surface area (Å²) in [5.41, 5.74) is 0.498. The van der Waals surface area contributed by atoms with Crippen LogP contribution in [0.25, 0.3) is 0 Å². The van der Waals surface area contributed by atoms with E-state index in [1.165, 1.54) is 0 Å². The van der Waals surface area contributed by atoms with Gasteiger partial charge in [0.1, 0.15) is 0 Å². The second-order valence-electron chi connectivity index (χ2n) is 7.50. The molecule has 1 aliphatic carbocycles. The molecule has 1 amide bonds. The topological polar surface area (TPSA) is 66.9 Å². The fraction of sp³-hybridized carbons (Fsp3) is 0.632. The first-order chi connectivity index (χ1) is 12.5. The van der Waals surface area contributed by atoms with Gasteiger partial charge in [0.15, 0.2) is 0 Å². The lowest BCUT2D eigenvalue weighted by Gasteiger charge is -2.42. The van der Waals surface area contributed by atoms with Crippen molar-refractivity contribution in [3.63, 3.8) is 0 Å². The molecule has 0 radical (unpaired) electrons. The van der Waals surface area contributed by atoms with Crippen LogP contribution in [0.4, 0.5) is 0 Å². The second kappa shape index (κ2) is 6.94. The van der Waals surface area contributed by atoms with Crippen molar-refractivity contribution < 1.29 is 17.9 Å². The second-order valence-corrected chi connectivity index (χ2v) is 9.71. The normalized spacial score (nSPS) is 24.4. The predicted molar refractivity (Wildman–Crippen MR) is 98.3 cm³/mol. The summed E-state index contributed by atoms with van der Waals surface area (Å²) in [6.07, 6.45) is 2.91. The molecule has 4 rings (SSSR count). The molecule has 0 atom stereocenters. The number of hydrogen-bond acceptors (Lipinski definition) is 4. The van der Waals surface area contributed by atoms with Gasteiger partial charge in [-0.15, -0.1) is 0 Å². The van der Waals surface area contributed by atoms with Gasteiger partial charge in [-0.3, -0.25) is 4.79 Å². The van der Waals surface area contributed by atoms with Crippen molar-refractivity contribution in [3.8, 4) is 0 Å². The molecule has 142 valence electrons. The molecule has 26 heavy (non-hydrogen) atoms. The maximum Gasteiger partial charge on any atom is 0.233 e. The van der Waals surface area contributed by atoms with Crippen LogP contribution in [0, 0.1) is 0 Å². The van der Waals surface area contributed by atoms with Crippen LogP contribution in [0.2, 0.25) is 0 Å². The van der Waals surface area contributed by atoms with Gasteiger partial charge in [-0.05, 0) is 31.2 Å². The first-order valence-electron chi connectivity index (χ1n) is 9.46. The Hall–Kier alpha value is -1.44. The molecular weight excluding hydrogens is 352 g/mol. The Morgan fingerprint density at radius 2 is 1.62 bits per heavy atom. The third kappa shape index (κ3) is 3.17. The zero-order valence-corrected chi connectivity index (χ0v) is 15.8. The van der Waals surface area contributed by atoms with E-state index in [0.29, 0.717) is 52.2 Å². The van der Waals surface area contributed by atoms with E-state index >= 15 is 0 Å². The average Bonchev–Trinajstić information content (AvgIpc) is 3.55. The molecule has 2 saturated heterocycles. The first-order valence-corrected chi connectivity index (χ1v) is 11.0. The van der Waals surface area contributed by atoms with E-state index in [9.17, 15) is 13.2 Å². The third-order valence-electron chi connectivity index (χ3n) is 5.91. The highest BCUT2D eigenvalue weighted by Gasteiger charge is 2.46. The molecule has 3 fully saturated rings. The van der Waals surface area contributed by atoms with Crippen LogP contribution >= 0.6 is 0 Å². The Morgan fingerprint density at radius 3 is 2.19 bits per heavy atom. The SMILES string of the molecule is O=C(N1CCN(S(=O)(=O)C2CC2)CC1)C1(c2ccccc2)CCOCC1. The monoisotopic (exact) mass is 378 g/mol. The van der Waals surface area contributed by atoms with Crippen LogP contribution in [-0.4, -0.2) is 68.2 Å². The Kier molecular flexibility index (Phi) is 4.79. The molecule has 0 bridgehead atoms. The number of piperazine rings is 1. The molecule has 0 N–H and O–H groups in total. The van der Waals surface area contributed by atoms with Crippen LogP contribution in [0.15, 0.2) is 30.3 Å². The predicted octanol–water partition coefficient (Wildman–Crippen LogP) is 1.37. The number of rotatable bonds is 4. The Morgan fingerprint density at radius 1 is 1.00 bits per heavy atom. The lowest BCUT2D eigenvalue weighted by molar-refractivity contribution is -0.142. The number of sulfonamides is 1. The number of carbonyl (C=O) groups excluding carboxylic acids is 1. The van der Waals surface area contributed by atoms with Crippen molar-refractivity contribution in [2.24, 2.45) is 0 Å². The number of benzene rings is 1. The molecule has 0 spiro atoms. The van der Waals surface area contributed by atoms with Gasteiger partial charge in [-0.1, -0.05) is 30.3 Å². The van der Waals surface area contributed by atoms with Gasteiger partial charge < -0.3 is 9.64 Å². The molecule has 1 aromatic rings. The van der Waals surface area contributed by atoms with Crippen LogP contribution in [0.5, 0.6) is 0 Å². The van der Waals surface area contributed by atoms with E-state index in [0.717, 1.165) is 18.4 Å². The van der Waals surface area contributed by atoms with Crippen LogP contribution in [0.3, 0.4) is 0 Å². The number of amides is 1. The van der Waals surface area contributed by atoms with Crippen LogP contribution in [0.1, 0.15) is 31.2 Å². The van der Waals surface area contributed by atoms with E-state index in [4.69, 9.17) is 4.74 Å². The maximum absolute atomic E-state index is 13.5. The molecule has 0 unspecified atom stereocenters. The summed E-state index contributed by atoms with van der Waals surface area (Å²) in [6.45, 7) is 2.92. The smallest absolute Gasteiger partial charge is 0.233 e.